The lowest BCUT2D eigenvalue weighted by atomic mass is 9.84. The van der Waals surface area contributed by atoms with Crippen molar-refractivity contribution in [1.29, 1.82) is 0 Å². The predicted octanol–water partition coefficient (Wildman–Crippen LogP) is 6.68. The van der Waals surface area contributed by atoms with Crippen LogP contribution in [0.2, 0.25) is 0 Å². The van der Waals surface area contributed by atoms with Crippen molar-refractivity contribution >= 4 is 13.7 Å². The highest BCUT2D eigenvalue weighted by Gasteiger charge is 2.31. The van der Waals surface area contributed by atoms with Crippen molar-refractivity contribution in [3.63, 3.8) is 0 Å². The third-order valence-corrected chi connectivity index (χ3v) is 6.35. The lowest BCUT2D eigenvalue weighted by molar-refractivity contribution is 0.478. The van der Waals surface area contributed by atoms with Gasteiger partial charge in [-0.05, 0) is 42.5 Å². The van der Waals surface area contributed by atoms with Crippen LogP contribution in [0.5, 0.6) is 11.5 Å². The van der Waals surface area contributed by atoms with Gasteiger partial charge in [0.15, 0.2) is 0 Å². The van der Waals surface area contributed by atoms with E-state index in [0.29, 0.717) is 0 Å². The number of para-hydroxylation sites is 1. The monoisotopic (exact) mass is 376 g/mol. The van der Waals surface area contributed by atoms with Gasteiger partial charge in [0.05, 0.1) is 5.30 Å². The van der Waals surface area contributed by atoms with Crippen LogP contribution >= 0.6 is 8.38 Å². The Labute approximate surface area is 163 Å². The first-order valence-corrected chi connectivity index (χ1v) is 10.5. The Bertz CT molecular complexity index is 1000. The molecular weight excluding hydrogens is 351 g/mol. The zero-order valence-corrected chi connectivity index (χ0v) is 17.4. The summed E-state index contributed by atoms with van der Waals surface area (Å²) in [7, 11) is -1.24. The molecule has 1 atom stereocenters. The van der Waals surface area contributed by atoms with Gasteiger partial charge in [-0.15, -0.1) is 0 Å². The van der Waals surface area contributed by atoms with E-state index in [1.807, 2.05) is 12.1 Å². The van der Waals surface area contributed by atoms with E-state index < -0.39 is 8.38 Å². The molecule has 1 heterocycles. The largest absolute Gasteiger partial charge is 0.435 e. The maximum atomic E-state index is 6.62. The number of benzene rings is 3. The van der Waals surface area contributed by atoms with Crippen molar-refractivity contribution in [2.45, 2.75) is 40.0 Å². The Hall–Kier alpha value is -2.31. The first-order chi connectivity index (χ1) is 12.8. The fraction of sp³-hybridized carbons (Fsp3) is 0.250. The molecule has 0 aromatic heterocycles. The third-order valence-electron chi connectivity index (χ3n) is 4.86. The van der Waals surface area contributed by atoms with Crippen molar-refractivity contribution < 1.29 is 9.05 Å². The minimum absolute atomic E-state index is 0.00530. The third kappa shape index (κ3) is 3.35. The van der Waals surface area contributed by atoms with Gasteiger partial charge >= 0.3 is 8.38 Å². The van der Waals surface area contributed by atoms with Crippen molar-refractivity contribution in [2.24, 2.45) is 0 Å². The molecule has 0 saturated heterocycles. The molecule has 1 aliphatic heterocycles. The molecule has 0 bridgehead atoms. The molecule has 0 radical (unpaired) electrons. The van der Waals surface area contributed by atoms with Crippen molar-refractivity contribution in [3.8, 4) is 22.6 Å². The van der Waals surface area contributed by atoms with Crippen LogP contribution in [0.4, 0.5) is 0 Å². The smallest absolute Gasteiger partial charge is 0.326 e. The van der Waals surface area contributed by atoms with E-state index in [1.54, 1.807) is 0 Å². The average molecular weight is 376 g/mol. The van der Waals surface area contributed by atoms with Crippen LogP contribution in [0.1, 0.15) is 37.5 Å². The Morgan fingerprint density at radius 2 is 1.52 bits per heavy atom. The van der Waals surface area contributed by atoms with Gasteiger partial charge in [0.2, 0.25) is 0 Å². The zero-order chi connectivity index (χ0) is 19.2. The van der Waals surface area contributed by atoms with Gasteiger partial charge in [-0.1, -0.05) is 74.9 Å². The predicted molar refractivity (Wildman–Crippen MR) is 114 cm³/mol. The van der Waals surface area contributed by atoms with Crippen LogP contribution in [-0.2, 0) is 5.41 Å². The number of hydrogen-bond donors (Lipinski definition) is 0. The first-order valence-electron chi connectivity index (χ1n) is 9.31. The Morgan fingerprint density at radius 3 is 2.26 bits per heavy atom. The van der Waals surface area contributed by atoms with Crippen LogP contribution in [0.3, 0.4) is 0 Å². The van der Waals surface area contributed by atoms with Gasteiger partial charge in [-0.3, -0.25) is 0 Å². The normalized spacial score (nSPS) is 15.5. The lowest BCUT2D eigenvalue weighted by Gasteiger charge is -2.30. The van der Waals surface area contributed by atoms with E-state index in [-0.39, 0.29) is 5.41 Å². The molecule has 3 aromatic carbocycles. The highest BCUT2D eigenvalue weighted by Crippen LogP contribution is 2.51. The molecule has 0 saturated carbocycles. The number of fused-ring (bicyclic) bond motifs is 3. The second-order valence-electron chi connectivity index (χ2n) is 8.16. The highest BCUT2D eigenvalue weighted by atomic mass is 31.2. The molecule has 0 N–H and O–H groups in total. The molecule has 3 heteroatoms. The summed E-state index contributed by atoms with van der Waals surface area (Å²) < 4.78 is 13.0. The standard InChI is InChI=1S/C24H25O2P/c1-16-14-17(2)23(20(15-16)24(3,4)5)26-27-22-13-9-7-11-19(22)18-10-6-8-12-21(18)25-27/h6-15H,1-5H3. The van der Waals surface area contributed by atoms with Crippen LogP contribution in [0, 0.1) is 13.8 Å². The summed E-state index contributed by atoms with van der Waals surface area (Å²) in [4.78, 5) is 0. The summed E-state index contributed by atoms with van der Waals surface area (Å²) in [5, 5.41) is 1.13. The second kappa shape index (κ2) is 6.69. The molecule has 2 nitrogen and oxygen atoms in total. The van der Waals surface area contributed by atoms with Gasteiger partial charge in [0.1, 0.15) is 11.5 Å². The minimum Gasteiger partial charge on any atom is -0.435 e. The molecule has 27 heavy (non-hydrogen) atoms. The number of aryl methyl sites for hydroxylation is 2. The second-order valence-corrected chi connectivity index (χ2v) is 9.52. The van der Waals surface area contributed by atoms with Crippen LogP contribution < -0.4 is 14.4 Å². The maximum Gasteiger partial charge on any atom is 0.326 e. The molecule has 1 aliphatic rings. The van der Waals surface area contributed by atoms with Crippen LogP contribution in [0.15, 0.2) is 60.7 Å². The Morgan fingerprint density at radius 1 is 0.852 bits per heavy atom. The Balaban J connectivity index is 1.81. The van der Waals surface area contributed by atoms with E-state index in [1.165, 1.54) is 16.7 Å². The average Bonchev–Trinajstić information content (AvgIpc) is 2.63. The number of hydrogen-bond acceptors (Lipinski definition) is 2. The fourth-order valence-corrected chi connectivity index (χ4v) is 5.13. The molecule has 0 spiro atoms. The summed E-state index contributed by atoms with van der Waals surface area (Å²) >= 11 is 0. The van der Waals surface area contributed by atoms with Gasteiger partial charge in [-0.2, -0.15) is 0 Å². The van der Waals surface area contributed by atoms with E-state index in [0.717, 1.165) is 27.9 Å². The molecule has 138 valence electrons. The lowest BCUT2D eigenvalue weighted by Crippen LogP contribution is -2.19. The van der Waals surface area contributed by atoms with E-state index in [9.17, 15) is 0 Å². The Kier molecular flexibility index (Phi) is 4.48. The summed E-state index contributed by atoms with van der Waals surface area (Å²) in [6, 6.07) is 21.0. The van der Waals surface area contributed by atoms with Gasteiger partial charge in [0, 0.05) is 11.1 Å². The maximum absolute atomic E-state index is 6.62. The molecule has 4 rings (SSSR count). The quantitative estimate of drug-likeness (QED) is 0.465. The molecule has 0 aliphatic carbocycles. The molecule has 0 amide bonds. The number of rotatable bonds is 2. The molecule has 3 aromatic rings. The van der Waals surface area contributed by atoms with E-state index in [2.05, 4.69) is 83.1 Å². The van der Waals surface area contributed by atoms with Crippen LogP contribution in [-0.4, -0.2) is 0 Å². The minimum atomic E-state index is -1.24. The summed E-state index contributed by atoms with van der Waals surface area (Å²) in [6.07, 6.45) is 0. The molecule has 0 fully saturated rings. The SMILES string of the molecule is Cc1cc(C)c(OP2Oc3ccccc3-c3ccccc32)c(C(C)(C)C)c1. The van der Waals surface area contributed by atoms with E-state index >= 15 is 0 Å². The molecule has 1 unspecified atom stereocenters. The van der Waals surface area contributed by atoms with Crippen molar-refractivity contribution in [3.05, 3.63) is 77.4 Å². The fourth-order valence-electron chi connectivity index (χ4n) is 3.55. The molecular formula is C24H25O2P. The summed E-state index contributed by atoms with van der Waals surface area (Å²) in [5.74, 6) is 1.85. The van der Waals surface area contributed by atoms with Crippen molar-refractivity contribution in [1.82, 2.24) is 0 Å². The topological polar surface area (TPSA) is 18.5 Å². The highest BCUT2D eigenvalue weighted by molar-refractivity contribution is 7.57. The van der Waals surface area contributed by atoms with Gasteiger partial charge in [0.25, 0.3) is 0 Å². The zero-order valence-electron chi connectivity index (χ0n) is 16.5. The first kappa shape index (κ1) is 18.1. The van der Waals surface area contributed by atoms with Crippen LogP contribution in [0.25, 0.3) is 11.1 Å². The summed E-state index contributed by atoms with van der Waals surface area (Å²) in [5.41, 5.74) is 5.96. The van der Waals surface area contributed by atoms with E-state index in [4.69, 9.17) is 9.05 Å². The summed E-state index contributed by atoms with van der Waals surface area (Å²) in [6.45, 7) is 10.9. The van der Waals surface area contributed by atoms with Gasteiger partial charge in [-0.25, -0.2) is 0 Å². The van der Waals surface area contributed by atoms with Gasteiger partial charge < -0.3 is 9.05 Å². The van der Waals surface area contributed by atoms with Crippen molar-refractivity contribution in [2.75, 3.05) is 0 Å².